The molecular weight excluding hydrogens is 384 g/mol. The molecule has 6 heteroatoms. The molecule has 3 aromatic rings. The van der Waals surface area contributed by atoms with Crippen LogP contribution in [0.1, 0.15) is 39.9 Å². The zero-order valence-electron chi connectivity index (χ0n) is 17.1. The summed E-state index contributed by atoms with van der Waals surface area (Å²) in [6, 6.07) is 12.2. The Morgan fingerprint density at radius 2 is 2.00 bits per heavy atom. The molecule has 1 saturated heterocycles. The van der Waals surface area contributed by atoms with E-state index < -0.39 is 11.6 Å². The van der Waals surface area contributed by atoms with Gasteiger partial charge in [0.05, 0.1) is 6.10 Å². The van der Waals surface area contributed by atoms with Gasteiger partial charge < -0.3 is 18.6 Å². The van der Waals surface area contributed by atoms with Crippen LogP contribution in [0.5, 0.6) is 5.75 Å². The molecule has 0 aliphatic carbocycles. The SMILES string of the molecule is Cc1ccc2c(COC(=O)c3ccccc3OC[C@@H]3CCCO3)cc(=O)oc2c1C. The topological polar surface area (TPSA) is 75.0 Å². The third-order valence-electron chi connectivity index (χ3n) is 5.43. The summed E-state index contributed by atoms with van der Waals surface area (Å²) in [6.07, 6.45) is 2.03. The fourth-order valence-corrected chi connectivity index (χ4v) is 3.58. The molecule has 4 rings (SSSR count). The zero-order chi connectivity index (χ0) is 21.1. The van der Waals surface area contributed by atoms with Gasteiger partial charge in [0, 0.05) is 23.6 Å². The molecule has 0 bridgehead atoms. The molecule has 1 aliphatic rings. The van der Waals surface area contributed by atoms with Crippen molar-refractivity contribution in [3.63, 3.8) is 0 Å². The average Bonchev–Trinajstić information content (AvgIpc) is 3.27. The molecule has 0 unspecified atom stereocenters. The Morgan fingerprint density at radius 1 is 1.17 bits per heavy atom. The predicted molar refractivity (Wildman–Crippen MR) is 112 cm³/mol. The smallest absolute Gasteiger partial charge is 0.342 e. The first-order valence-electron chi connectivity index (χ1n) is 10.1. The quantitative estimate of drug-likeness (QED) is 0.447. The highest BCUT2D eigenvalue weighted by molar-refractivity contribution is 5.92. The van der Waals surface area contributed by atoms with Crippen LogP contribution in [0.3, 0.4) is 0 Å². The van der Waals surface area contributed by atoms with Crippen molar-refractivity contribution in [3.05, 3.63) is 75.1 Å². The average molecular weight is 408 g/mol. The number of hydrogen-bond donors (Lipinski definition) is 0. The first-order valence-corrected chi connectivity index (χ1v) is 10.1. The largest absolute Gasteiger partial charge is 0.490 e. The summed E-state index contributed by atoms with van der Waals surface area (Å²) in [5.41, 5.74) is 2.92. The Morgan fingerprint density at radius 3 is 2.80 bits per heavy atom. The minimum absolute atomic E-state index is 0.0382. The van der Waals surface area contributed by atoms with Gasteiger partial charge >= 0.3 is 11.6 Å². The maximum absolute atomic E-state index is 12.7. The Bertz CT molecular complexity index is 1120. The number of rotatable bonds is 6. The van der Waals surface area contributed by atoms with Crippen molar-refractivity contribution in [1.29, 1.82) is 0 Å². The fraction of sp³-hybridized carbons (Fsp3) is 0.333. The lowest BCUT2D eigenvalue weighted by molar-refractivity contribution is 0.0455. The number of fused-ring (bicyclic) bond motifs is 1. The van der Waals surface area contributed by atoms with E-state index in [-0.39, 0.29) is 12.7 Å². The second-order valence-electron chi connectivity index (χ2n) is 7.49. The van der Waals surface area contributed by atoms with E-state index in [2.05, 4.69) is 0 Å². The van der Waals surface area contributed by atoms with Gasteiger partial charge in [0.15, 0.2) is 0 Å². The van der Waals surface area contributed by atoms with Gasteiger partial charge in [0.2, 0.25) is 0 Å². The molecule has 1 aromatic heterocycles. The van der Waals surface area contributed by atoms with Gasteiger partial charge in [-0.2, -0.15) is 0 Å². The number of benzene rings is 2. The Balaban J connectivity index is 1.52. The number of ether oxygens (including phenoxy) is 3. The van der Waals surface area contributed by atoms with Crippen LogP contribution in [0.25, 0.3) is 11.0 Å². The third kappa shape index (κ3) is 4.24. The summed E-state index contributed by atoms with van der Waals surface area (Å²) >= 11 is 0. The summed E-state index contributed by atoms with van der Waals surface area (Å²) in [5.74, 6) is -0.0509. The van der Waals surface area contributed by atoms with E-state index in [1.165, 1.54) is 6.07 Å². The first-order chi connectivity index (χ1) is 14.5. The zero-order valence-corrected chi connectivity index (χ0v) is 17.1. The van der Waals surface area contributed by atoms with Crippen LogP contribution in [0.15, 0.2) is 51.7 Å². The Kier molecular flexibility index (Phi) is 5.86. The monoisotopic (exact) mass is 408 g/mol. The number of hydrogen-bond acceptors (Lipinski definition) is 6. The van der Waals surface area contributed by atoms with Gasteiger partial charge in [-0.3, -0.25) is 0 Å². The van der Waals surface area contributed by atoms with Gasteiger partial charge in [-0.05, 0) is 49.9 Å². The molecule has 2 aromatic carbocycles. The van der Waals surface area contributed by atoms with E-state index >= 15 is 0 Å². The summed E-state index contributed by atoms with van der Waals surface area (Å²) in [7, 11) is 0. The van der Waals surface area contributed by atoms with Crippen molar-refractivity contribution in [1.82, 2.24) is 0 Å². The molecule has 2 heterocycles. The van der Waals surface area contributed by atoms with Crippen molar-refractivity contribution >= 4 is 16.9 Å². The summed E-state index contributed by atoms with van der Waals surface area (Å²) < 4.78 is 22.3. The molecular formula is C24H24O6. The number of esters is 1. The van der Waals surface area contributed by atoms with E-state index in [1.54, 1.807) is 18.2 Å². The maximum atomic E-state index is 12.7. The van der Waals surface area contributed by atoms with Gasteiger partial charge in [-0.25, -0.2) is 9.59 Å². The number of para-hydroxylation sites is 1. The predicted octanol–water partition coefficient (Wildman–Crippen LogP) is 4.32. The Hall–Kier alpha value is -3.12. The number of carbonyl (C=O) groups is 1. The molecule has 1 atom stereocenters. The molecule has 0 amide bonds. The highest BCUT2D eigenvalue weighted by Gasteiger charge is 2.19. The van der Waals surface area contributed by atoms with Crippen molar-refractivity contribution in [3.8, 4) is 5.75 Å². The van der Waals surface area contributed by atoms with Crippen LogP contribution in [0.2, 0.25) is 0 Å². The lowest BCUT2D eigenvalue weighted by Crippen LogP contribution is -2.18. The number of carbonyl (C=O) groups excluding carboxylic acids is 1. The number of aryl methyl sites for hydroxylation is 2. The van der Waals surface area contributed by atoms with E-state index in [4.69, 9.17) is 18.6 Å². The summed E-state index contributed by atoms with van der Waals surface area (Å²) in [5, 5.41) is 0.758. The van der Waals surface area contributed by atoms with Crippen molar-refractivity contribution in [2.75, 3.05) is 13.2 Å². The highest BCUT2D eigenvalue weighted by Crippen LogP contribution is 2.25. The lowest BCUT2D eigenvalue weighted by atomic mass is 10.0. The second-order valence-corrected chi connectivity index (χ2v) is 7.49. The van der Waals surface area contributed by atoms with E-state index in [9.17, 15) is 9.59 Å². The fourth-order valence-electron chi connectivity index (χ4n) is 3.58. The van der Waals surface area contributed by atoms with Gasteiger partial charge in [-0.15, -0.1) is 0 Å². The van der Waals surface area contributed by atoms with Crippen molar-refractivity contribution in [2.24, 2.45) is 0 Å². The second kappa shape index (κ2) is 8.71. The van der Waals surface area contributed by atoms with Gasteiger partial charge in [0.1, 0.15) is 30.1 Å². The third-order valence-corrected chi connectivity index (χ3v) is 5.43. The molecule has 156 valence electrons. The van der Waals surface area contributed by atoms with Crippen LogP contribution in [0.4, 0.5) is 0 Å². The molecule has 0 spiro atoms. The minimum atomic E-state index is -0.511. The minimum Gasteiger partial charge on any atom is -0.490 e. The van der Waals surface area contributed by atoms with Crippen LogP contribution >= 0.6 is 0 Å². The lowest BCUT2D eigenvalue weighted by Gasteiger charge is -2.14. The van der Waals surface area contributed by atoms with Crippen molar-refractivity contribution in [2.45, 2.75) is 39.4 Å². The van der Waals surface area contributed by atoms with Crippen LogP contribution in [0, 0.1) is 13.8 Å². The molecule has 6 nitrogen and oxygen atoms in total. The Labute approximate surface area is 174 Å². The normalized spacial score (nSPS) is 16.0. The standard InChI is InChI=1S/C24H24O6/c1-15-9-10-19-17(12-22(25)30-23(19)16(15)2)13-29-24(26)20-7-3-4-8-21(20)28-14-18-6-5-11-27-18/h3-4,7-10,12,18H,5-6,11,13-14H2,1-2H3/t18-/m0/s1. The molecule has 0 radical (unpaired) electrons. The van der Waals surface area contributed by atoms with E-state index in [0.29, 0.717) is 29.1 Å². The van der Waals surface area contributed by atoms with E-state index in [0.717, 1.165) is 36.0 Å². The van der Waals surface area contributed by atoms with Crippen molar-refractivity contribution < 1.29 is 23.4 Å². The van der Waals surface area contributed by atoms with Crippen LogP contribution in [-0.2, 0) is 16.1 Å². The highest BCUT2D eigenvalue weighted by atomic mass is 16.5. The molecule has 0 N–H and O–H groups in total. The maximum Gasteiger partial charge on any atom is 0.342 e. The van der Waals surface area contributed by atoms with Crippen LogP contribution in [-0.4, -0.2) is 25.3 Å². The first kappa shape index (κ1) is 20.2. The molecule has 1 aliphatic heterocycles. The molecule has 0 saturated carbocycles. The van der Waals surface area contributed by atoms with Crippen LogP contribution < -0.4 is 10.4 Å². The summed E-state index contributed by atoms with van der Waals surface area (Å²) in [6.45, 7) is 4.96. The van der Waals surface area contributed by atoms with Gasteiger partial charge in [0.25, 0.3) is 0 Å². The summed E-state index contributed by atoms with van der Waals surface area (Å²) in [4.78, 5) is 24.8. The molecule has 1 fully saturated rings. The van der Waals surface area contributed by atoms with Gasteiger partial charge in [-0.1, -0.05) is 24.3 Å². The molecule has 30 heavy (non-hydrogen) atoms. The van der Waals surface area contributed by atoms with E-state index in [1.807, 2.05) is 32.0 Å².